The molecule has 8 heteroatoms. The summed E-state index contributed by atoms with van der Waals surface area (Å²) in [6.07, 6.45) is 0.769. The van der Waals surface area contributed by atoms with Gasteiger partial charge in [-0.25, -0.2) is 9.98 Å². The lowest BCUT2D eigenvalue weighted by Gasteiger charge is -2.16. The van der Waals surface area contributed by atoms with Crippen molar-refractivity contribution in [3.63, 3.8) is 0 Å². The first-order chi connectivity index (χ1) is 17.1. The van der Waals surface area contributed by atoms with Crippen molar-refractivity contribution in [2.45, 2.75) is 18.2 Å². The summed E-state index contributed by atoms with van der Waals surface area (Å²) in [5.74, 6) is 0.0153. The second kappa shape index (κ2) is 9.18. The zero-order valence-electron chi connectivity index (χ0n) is 19.3. The average molecular weight is 515 g/mol. The van der Waals surface area contributed by atoms with Gasteiger partial charge in [-0.3, -0.25) is 9.69 Å². The Kier molecular flexibility index (Phi) is 5.88. The Balaban J connectivity index is 1.37. The quantitative estimate of drug-likeness (QED) is 0.280. The number of hydrogen-bond acceptors (Lipinski definition) is 7. The number of amides is 1. The first-order valence-corrected chi connectivity index (χ1v) is 13.8. The molecule has 1 amide bonds. The molecule has 35 heavy (non-hydrogen) atoms. The van der Waals surface area contributed by atoms with Crippen molar-refractivity contribution in [1.82, 2.24) is 9.88 Å². The fourth-order valence-corrected chi connectivity index (χ4v) is 7.44. The van der Waals surface area contributed by atoms with E-state index in [2.05, 4.69) is 40.2 Å². The number of benzene rings is 3. The van der Waals surface area contributed by atoms with Gasteiger partial charge < -0.3 is 4.90 Å². The van der Waals surface area contributed by atoms with Gasteiger partial charge in [0, 0.05) is 18.5 Å². The van der Waals surface area contributed by atoms with Crippen molar-refractivity contribution < 1.29 is 4.79 Å². The number of thioether (sulfide) groups is 2. The molecule has 0 unspecified atom stereocenters. The van der Waals surface area contributed by atoms with Gasteiger partial charge in [0.05, 0.1) is 31.6 Å². The third kappa shape index (κ3) is 4.26. The maximum Gasteiger partial charge on any atom is 0.269 e. The van der Waals surface area contributed by atoms with Crippen LogP contribution in [0, 0.1) is 6.92 Å². The number of aryl methyl sites for hydroxylation is 1. The van der Waals surface area contributed by atoms with Crippen molar-refractivity contribution in [3.05, 3.63) is 93.3 Å². The summed E-state index contributed by atoms with van der Waals surface area (Å²) in [7, 11) is 2.03. The van der Waals surface area contributed by atoms with E-state index in [1.54, 1.807) is 23.1 Å². The zero-order valence-corrected chi connectivity index (χ0v) is 21.7. The monoisotopic (exact) mass is 514 g/mol. The molecule has 174 valence electrons. The summed E-state index contributed by atoms with van der Waals surface area (Å²) < 4.78 is 1.11. The average Bonchev–Trinajstić information content (AvgIpc) is 3.50. The van der Waals surface area contributed by atoms with E-state index < -0.39 is 0 Å². The number of nitrogens with zero attached hydrogens (tertiary/aromatic N) is 4. The van der Waals surface area contributed by atoms with E-state index in [1.165, 1.54) is 17.3 Å². The van der Waals surface area contributed by atoms with Crippen LogP contribution in [0.5, 0.6) is 0 Å². The molecular weight excluding hydrogens is 493 g/mol. The van der Waals surface area contributed by atoms with Gasteiger partial charge >= 0.3 is 0 Å². The van der Waals surface area contributed by atoms with Crippen LogP contribution in [0.2, 0.25) is 0 Å². The van der Waals surface area contributed by atoms with E-state index in [-0.39, 0.29) is 5.91 Å². The highest BCUT2D eigenvalue weighted by molar-refractivity contribution is 8.19. The molecule has 2 aliphatic heterocycles. The third-order valence-electron chi connectivity index (χ3n) is 5.97. The number of carbonyl (C=O) groups excluding carboxylic acids is 1. The van der Waals surface area contributed by atoms with E-state index in [0.717, 1.165) is 53.0 Å². The summed E-state index contributed by atoms with van der Waals surface area (Å²) in [5.41, 5.74) is 4.15. The van der Waals surface area contributed by atoms with Crippen molar-refractivity contribution in [2.75, 3.05) is 18.5 Å². The minimum Gasteiger partial charge on any atom is -0.337 e. The number of amidine groups is 1. The van der Waals surface area contributed by atoms with Crippen LogP contribution in [0.4, 0.5) is 11.4 Å². The molecular formula is C27H22N4OS3. The van der Waals surface area contributed by atoms with Crippen molar-refractivity contribution >= 4 is 67.5 Å². The van der Waals surface area contributed by atoms with E-state index >= 15 is 0 Å². The minimum atomic E-state index is 0.0153. The highest BCUT2D eigenvalue weighted by Gasteiger charge is 2.39. The molecule has 1 fully saturated rings. The lowest BCUT2D eigenvalue weighted by atomic mass is 10.1. The summed E-state index contributed by atoms with van der Waals surface area (Å²) in [6.45, 7) is 2.59. The smallest absolute Gasteiger partial charge is 0.269 e. The minimum absolute atomic E-state index is 0.0153. The summed E-state index contributed by atoms with van der Waals surface area (Å²) in [5, 5.41) is 2.72. The fourth-order valence-electron chi connectivity index (χ4n) is 4.21. The second-order valence-corrected chi connectivity index (χ2v) is 11.6. The highest BCUT2D eigenvalue weighted by Crippen LogP contribution is 2.50. The maximum absolute atomic E-state index is 13.7. The molecule has 0 bridgehead atoms. The largest absolute Gasteiger partial charge is 0.337 e. The van der Waals surface area contributed by atoms with Crippen molar-refractivity contribution in [3.8, 4) is 0 Å². The van der Waals surface area contributed by atoms with Crippen LogP contribution >= 0.6 is 34.9 Å². The van der Waals surface area contributed by atoms with Crippen LogP contribution < -0.4 is 4.90 Å². The number of rotatable bonds is 4. The van der Waals surface area contributed by atoms with Gasteiger partial charge in [0.15, 0.2) is 5.17 Å². The van der Waals surface area contributed by atoms with Gasteiger partial charge in [0.2, 0.25) is 0 Å². The number of thiazole rings is 1. The molecule has 4 aromatic rings. The normalized spacial score (nSPS) is 18.8. The summed E-state index contributed by atoms with van der Waals surface area (Å²) in [6, 6.07) is 24.6. The first kappa shape index (κ1) is 22.4. The molecule has 3 heterocycles. The number of fused-ring (bicyclic) bond motifs is 2. The first-order valence-electron chi connectivity index (χ1n) is 11.3. The Labute approximate surface area is 216 Å². The molecule has 1 aromatic heterocycles. The number of hydrogen-bond donors (Lipinski definition) is 0. The van der Waals surface area contributed by atoms with Gasteiger partial charge in [-0.05, 0) is 61.0 Å². The van der Waals surface area contributed by atoms with Gasteiger partial charge in [0.25, 0.3) is 5.91 Å². The molecule has 0 spiro atoms. The Morgan fingerprint density at radius 3 is 2.60 bits per heavy atom. The maximum atomic E-state index is 13.7. The number of aliphatic imine (C=N–C) groups is 1. The number of carbonyl (C=O) groups is 1. The van der Waals surface area contributed by atoms with E-state index in [0.29, 0.717) is 6.54 Å². The van der Waals surface area contributed by atoms with Gasteiger partial charge in [-0.2, -0.15) is 0 Å². The third-order valence-corrected chi connectivity index (χ3v) is 9.33. The van der Waals surface area contributed by atoms with E-state index in [9.17, 15) is 4.79 Å². The standard InChI is InChI=1S/C27H22N4OS3/c1-17-28-20-13-12-19(16-23(20)33-17)29-27-31(15-14-18-8-4-3-5-9-18)25(32)24(35-27)26-30(2)21-10-6-7-11-22(21)34-26/h3-13,16H,14-15H2,1-2H3/b26-24-,29-27?. The highest BCUT2D eigenvalue weighted by atomic mass is 32.2. The Hall–Kier alpha value is -3.07. The molecule has 0 atom stereocenters. The zero-order chi connectivity index (χ0) is 23.9. The molecule has 0 aliphatic carbocycles. The second-order valence-electron chi connectivity index (χ2n) is 8.34. The molecule has 1 saturated heterocycles. The van der Waals surface area contributed by atoms with Crippen LogP contribution in [0.1, 0.15) is 10.6 Å². The molecule has 0 radical (unpaired) electrons. The number of anilines is 1. The Bertz CT molecular complexity index is 1510. The summed E-state index contributed by atoms with van der Waals surface area (Å²) >= 11 is 4.78. The van der Waals surface area contributed by atoms with Gasteiger partial charge in [-0.1, -0.05) is 54.2 Å². The topological polar surface area (TPSA) is 48.8 Å². The molecule has 0 saturated carbocycles. The fraction of sp³-hybridized carbons (Fsp3) is 0.148. The summed E-state index contributed by atoms with van der Waals surface area (Å²) in [4.78, 5) is 29.1. The van der Waals surface area contributed by atoms with Gasteiger partial charge in [0.1, 0.15) is 4.91 Å². The van der Waals surface area contributed by atoms with Crippen LogP contribution in [0.15, 0.2) is 92.6 Å². The Morgan fingerprint density at radius 1 is 0.971 bits per heavy atom. The molecule has 5 nitrogen and oxygen atoms in total. The number of aromatic nitrogens is 1. The van der Waals surface area contributed by atoms with Crippen LogP contribution in [0.25, 0.3) is 10.2 Å². The predicted octanol–water partition coefficient (Wildman–Crippen LogP) is 6.82. The lowest BCUT2D eigenvalue weighted by molar-refractivity contribution is -0.122. The van der Waals surface area contributed by atoms with Crippen molar-refractivity contribution in [1.29, 1.82) is 0 Å². The molecule has 0 N–H and O–H groups in total. The number of para-hydroxylation sites is 1. The van der Waals surface area contributed by atoms with Crippen LogP contribution in [-0.2, 0) is 11.2 Å². The van der Waals surface area contributed by atoms with E-state index in [1.807, 2.05) is 61.3 Å². The predicted molar refractivity (Wildman–Crippen MR) is 149 cm³/mol. The van der Waals surface area contributed by atoms with Crippen LogP contribution in [0.3, 0.4) is 0 Å². The lowest BCUT2D eigenvalue weighted by Crippen LogP contribution is -2.31. The van der Waals surface area contributed by atoms with E-state index in [4.69, 9.17) is 4.99 Å². The molecule has 3 aromatic carbocycles. The molecule has 2 aliphatic rings. The van der Waals surface area contributed by atoms with Crippen molar-refractivity contribution in [2.24, 2.45) is 4.99 Å². The van der Waals surface area contributed by atoms with Gasteiger partial charge in [-0.15, -0.1) is 11.3 Å². The SMILES string of the molecule is Cc1nc2ccc(N=C3S/C(=C4\Sc5ccccc5N4C)C(=O)N3CCc3ccccc3)cc2s1. The Morgan fingerprint density at radius 2 is 1.77 bits per heavy atom. The molecule has 6 rings (SSSR count). The van der Waals surface area contributed by atoms with Crippen LogP contribution in [-0.4, -0.2) is 34.6 Å².